The largest absolute Gasteiger partial charge is 0.367 e. The molecule has 0 aliphatic heterocycles. The fourth-order valence-corrected chi connectivity index (χ4v) is 3.18. The van der Waals surface area contributed by atoms with E-state index in [1.807, 2.05) is 6.92 Å². The average Bonchev–Trinajstić information content (AvgIpc) is 2.08. The highest BCUT2D eigenvalue weighted by Crippen LogP contribution is 2.52. The van der Waals surface area contributed by atoms with Gasteiger partial charge >= 0.3 is 0 Å². The molecule has 3 saturated carbocycles. The van der Waals surface area contributed by atoms with Crippen molar-refractivity contribution in [2.45, 2.75) is 45.6 Å². The topological polar surface area (TPSA) is 43.4 Å². The molecule has 3 aliphatic rings. The van der Waals surface area contributed by atoms with E-state index >= 15 is 0 Å². The van der Waals surface area contributed by atoms with E-state index < -0.39 is 5.60 Å². The first kappa shape index (κ1) is 10.8. The van der Waals surface area contributed by atoms with Crippen LogP contribution in [0.4, 0.5) is 0 Å². The van der Waals surface area contributed by atoms with Crippen molar-refractivity contribution < 1.29 is 14.3 Å². The second-order valence-corrected chi connectivity index (χ2v) is 5.42. The standard InChI is InChI=1S/C12H18O3/c1-4-15-12-6-9(13)8(5-10(12)14)11(2,3)7-12/h8H,4-7H2,1-3H3. The third kappa shape index (κ3) is 1.44. The minimum atomic E-state index is -0.788. The summed E-state index contributed by atoms with van der Waals surface area (Å²) in [7, 11) is 0. The summed E-state index contributed by atoms with van der Waals surface area (Å²) in [6.45, 7) is 6.50. The van der Waals surface area contributed by atoms with Gasteiger partial charge in [-0.15, -0.1) is 0 Å². The molecule has 84 valence electrons. The second kappa shape index (κ2) is 3.14. The van der Waals surface area contributed by atoms with Gasteiger partial charge in [-0.2, -0.15) is 0 Å². The molecule has 3 rings (SSSR count). The van der Waals surface area contributed by atoms with Crippen LogP contribution in [-0.4, -0.2) is 23.8 Å². The fourth-order valence-electron chi connectivity index (χ4n) is 3.18. The van der Waals surface area contributed by atoms with Gasteiger partial charge in [0.05, 0.1) is 0 Å². The molecule has 0 aromatic heterocycles. The Morgan fingerprint density at radius 2 is 2.07 bits per heavy atom. The van der Waals surface area contributed by atoms with E-state index in [9.17, 15) is 9.59 Å². The van der Waals surface area contributed by atoms with Crippen LogP contribution in [0.15, 0.2) is 0 Å². The number of carbonyl (C=O) groups excluding carboxylic acids is 2. The number of ketones is 2. The smallest absolute Gasteiger partial charge is 0.165 e. The summed E-state index contributed by atoms with van der Waals surface area (Å²) in [4.78, 5) is 23.8. The van der Waals surface area contributed by atoms with Crippen molar-refractivity contribution >= 4 is 11.6 Å². The van der Waals surface area contributed by atoms with Crippen molar-refractivity contribution in [2.24, 2.45) is 11.3 Å². The van der Waals surface area contributed by atoms with Crippen molar-refractivity contribution in [3.05, 3.63) is 0 Å². The Hall–Kier alpha value is -0.700. The maximum atomic E-state index is 11.9. The van der Waals surface area contributed by atoms with Crippen molar-refractivity contribution in [3.63, 3.8) is 0 Å². The molecule has 3 aliphatic carbocycles. The van der Waals surface area contributed by atoms with Crippen molar-refractivity contribution in [1.82, 2.24) is 0 Å². The summed E-state index contributed by atoms with van der Waals surface area (Å²) in [5.41, 5.74) is -0.873. The minimum absolute atomic E-state index is 0.0765. The summed E-state index contributed by atoms with van der Waals surface area (Å²) in [5.74, 6) is 0.264. The zero-order valence-electron chi connectivity index (χ0n) is 9.63. The van der Waals surface area contributed by atoms with Crippen LogP contribution < -0.4 is 0 Å². The van der Waals surface area contributed by atoms with Gasteiger partial charge in [0, 0.05) is 25.4 Å². The van der Waals surface area contributed by atoms with Gasteiger partial charge in [-0.3, -0.25) is 9.59 Å². The number of carbonyl (C=O) groups is 2. The van der Waals surface area contributed by atoms with Crippen LogP contribution in [0.25, 0.3) is 0 Å². The summed E-state index contributed by atoms with van der Waals surface area (Å²) in [6, 6.07) is 0. The first-order valence-corrected chi connectivity index (χ1v) is 5.61. The molecule has 2 atom stereocenters. The molecule has 0 aromatic rings. The number of ether oxygens (including phenoxy) is 1. The fraction of sp³-hybridized carbons (Fsp3) is 0.833. The highest BCUT2D eigenvalue weighted by molar-refractivity contribution is 6.02. The van der Waals surface area contributed by atoms with Gasteiger partial charge < -0.3 is 4.74 Å². The lowest BCUT2D eigenvalue weighted by atomic mass is 9.54. The van der Waals surface area contributed by atoms with E-state index in [0.717, 1.165) is 0 Å². The van der Waals surface area contributed by atoms with E-state index in [0.29, 0.717) is 25.9 Å². The number of rotatable bonds is 2. The Labute approximate surface area is 90.2 Å². The van der Waals surface area contributed by atoms with Crippen LogP contribution >= 0.6 is 0 Å². The molecule has 0 saturated heterocycles. The maximum Gasteiger partial charge on any atom is 0.165 e. The van der Waals surface area contributed by atoms with Gasteiger partial charge in [0.25, 0.3) is 0 Å². The SMILES string of the molecule is CCOC12CC(=O)C(CC1=O)C(C)(C)C2. The van der Waals surface area contributed by atoms with Gasteiger partial charge in [-0.25, -0.2) is 0 Å². The molecule has 3 nitrogen and oxygen atoms in total. The monoisotopic (exact) mass is 210 g/mol. The molecule has 3 fully saturated rings. The van der Waals surface area contributed by atoms with Crippen LogP contribution in [0.2, 0.25) is 0 Å². The third-order valence-corrected chi connectivity index (χ3v) is 3.85. The molecule has 0 amide bonds. The quantitative estimate of drug-likeness (QED) is 0.697. The van der Waals surface area contributed by atoms with Crippen LogP contribution in [-0.2, 0) is 14.3 Å². The Bertz CT molecular complexity index is 319. The number of hydrogen-bond donors (Lipinski definition) is 0. The number of Topliss-reactive ketones (excluding diaryl/α,β-unsaturated/α-hetero) is 2. The summed E-state index contributed by atoms with van der Waals surface area (Å²) in [6.07, 6.45) is 1.38. The van der Waals surface area contributed by atoms with Gasteiger partial charge in [0.1, 0.15) is 11.4 Å². The third-order valence-electron chi connectivity index (χ3n) is 3.85. The van der Waals surface area contributed by atoms with Gasteiger partial charge in [-0.1, -0.05) is 13.8 Å². The predicted molar refractivity (Wildman–Crippen MR) is 55.5 cm³/mol. The molecular formula is C12H18O3. The average molecular weight is 210 g/mol. The first-order valence-electron chi connectivity index (χ1n) is 5.61. The van der Waals surface area contributed by atoms with Crippen molar-refractivity contribution in [3.8, 4) is 0 Å². The van der Waals surface area contributed by atoms with E-state index in [1.165, 1.54) is 0 Å². The van der Waals surface area contributed by atoms with Crippen LogP contribution in [0.3, 0.4) is 0 Å². The van der Waals surface area contributed by atoms with E-state index in [1.54, 1.807) is 0 Å². The number of hydrogen-bond acceptors (Lipinski definition) is 3. The lowest BCUT2D eigenvalue weighted by molar-refractivity contribution is -0.180. The first-order chi connectivity index (χ1) is 6.91. The number of fused-ring (bicyclic) bond motifs is 3. The molecule has 0 radical (unpaired) electrons. The van der Waals surface area contributed by atoms with Crippen molar-refractivity contribution in [2.75, 3.05) is 6.61 Å². The Morgan fingerprint density at radius 3 is 2.60 bits per heavy atom. The van der Waals surface area contributed by atoms with E-state index in [-0.39, 0.29) is 22.9 Å². The van der Waals surface area contributed by atoms with Crippen LogP contribution in [0.1, 0.15) is 40.0 Å². The highest BCUT2D eigenvalue weighted by atomic mass is 16.5. The van der Waals surface area contributed by atoms with Gasteiger partial charge in [-0.05, 0) is 18.8 Å². The second-order valence-electron chi connectivity index (χ2n) is 5.42. The highest BCUT2D eigenvalue weighted by Gasteiger charge is 2.59. The lowest BCUT2D eigenvalue weighted by Crippen LogP contribution is -2.60. The zero-order chi connectivity index (χ0) is 11.3. The Morgan fingerprint density at radius 1 is 1.40 bits per heavy atom. The normalized spacial score (nSPS) is 38.5. The summed E-state index contributed by atoms with van der Waals surface area (Å²) < 4.78 is 5.61. The molecular weight excluding hydrogens is 192 g/mol. The molecule has 0 N–H and O–H groups in total. The maximum absolute atomic E-state index is 11.9. The summed E-state index contributed by atoms with van der Waals surface area (Å²) >= 11 is 0. The predicted octanol–water partition coefficient (Wildman–Crippen LogP) is 1.74. The van der Waals surface area contributed by atoms with Crippen molar-refractivity contribution in [1.29, 1.82) is 0 Å². The molecule has 3 heteroatoms. The molecule has 15 heavy (non-hydrogen) atoms. The molecule has 2 bridgehead atoms. The van der Waals surface area contributed by atoms with Gasteiger partial charge in [0.15, 0.2) is 5.78 Å². The molecule has 0 aromatic carbocycles. The van der Waals surface area contributed by atoms with Gasteiger partial charge in [0.2, 0.25) is 0 Å². The van der Waals surface area contributed by atoms with E-state index in [2.05, 4.69) is 13.8 Å². The zero-order valence-corrected chi connectivity index (χ0v) is 9.63. The Balaban J connectivity index is 2.36. The Kier molecular flexibility index (Phi) is 2.26. The molecule has 0 spiro atoms. The van der Waals surface area contributed by atoms with Crippen LogP contribution in [0.5, 0.6) is 0 Å². The van der Waals surface area contributed by atoms with E-state index in [4.69, 9.17) is 4.74 Å². The minimum Gasteiger partial charge on any atom is -0.367 e. The summed E-state index contributed by atoms with van der Waals surface area (Å²) in [5, 5.41) is 0. The lowest BCUT2D eigenvalue weighted by Gasteiger charge is -2.52. The van der Waals surface area contributed by atoms with Crippen LogP contribution in [0, 0.1) is 11.3 Å². The molecule has 2 unspecified atom stereocenters. The molecule has 0 heterocycles.